The molecule has 1 aromatic carbocycles. The van der Waals surface area contributed by atoms with E-state index in [9.17, 15) is 9.36 Å². The molecule has 24 heavy (non-hydrogen) atoms. The SMILES string of the molecule is CCOP(=O)(CC)OCCC(=O)Oc1cc(C)ccc1C(C)(C)C. The summed E-state index contributed by atoms with van der Waals surface area (Å²) < 4.78 is 28.1. The number of esters is 1. The van der Waals surface area contributed by atoms with Gasteiger partial charge < -0.3 is 13.8 Å². The molecule has 1 unspecified atom stereocenters. The summed E-state index contributed by atoms with van der Waals surface area (Å²) in [5, 5.41) is 0. The number of benzene rings is 1. The third-order valence-corrected chi connectivity index (χ3v) is 5.48. The smallest absolute Gasteiger partial charge is 0.330 e. The molecule has 0 spiro atoms. The maximum atomic E-state index is 12.2. The molecule has 1 atom stereocenters. The first kappa shape index (κ1) is 20.9. The highest BCUT2D eigenvalue weighted by molar-refractivity contribution is 7.53. The normalized spacial score (nSPS) is 14.2. The lowest BCUT2D eigenvalue weighted by molar-refractivity contribution is -0.135. The van der Waals surface area contributed by atoms with E-state index in [1.807, 2.05) is 25.1 Å². The molecule has 5 nitrogen and oxygen atoms in total. The van der Waals surface area contributed by atoms with E-state index in [2.05, 4.69) is 20.8 Å². The molecule has 136 valence electrons. The number of carbonyl (C=O) groups is 1. The molecule has 1 aromatic rings. The summed E-state index contributed by atoms with van der Waals surface area (Å²) in [7, 11) is -3.09. The van der Waals surface area contributed by atoms with Gasteiger partial charge in [-0.1, -0.05) is 39.8 Å². The molecule has 1 rings (SSSR count). The molecule has 0 aromatic heterocycles. The van der Waals surface area contributed by atoms with Crippen molar-refractivity contribution in [3.63, 3.8) is 0 Å². The van der Waals surface area contributed by atoms with Crippen LogP contribution in [0.25, 0.3) is 0 Å². The Balaban J connectivity index is 2.69. The first-order valence-corrected chi connectivity index (χ1v) is 10.0. The van der Waals surface area contributed by atoms with E-state index in [4.69, 9.17) is 13.8 Å². The molecule has 0 radical (unpaired) electrons. The molecule has 0 amide bonds. The van der Waals surface area contributed by atoms with Crippen LogP contribution < -0.4 is 4.74 Å². The number of carbonyl (C=O) groups excluding carboxylic acids is 1. The Kier molecular flexibility index (Phi) is 7.65. The van der Waals surface area contributed by atoms with E-state index in [1.54, 1.807) is 13.8 Å². The quantitative estimate of drug-likeness (QED) is 0.378. The lowest BCUT2D eigenvalue weighted by Crippen LogP contribution is -2.17. The number of ether oxygens (including phenoxy) is 1. The van der Waals surface area contributed by atoms with Crippen molar-refractivity contribution in [2.24, 2.45) is 0 Å². The van der Waals surface area contributed by atoms with Crippen molar-refractivity contribution in [3.05, 3.63) is 29.3 Å². The molecule has 0 saturated carbocycles. The Bertz CT molecular complexity index is 604. The zero-order valence-corrected chi connectivity index (χ0v) is 16.4. The van der Waals surface area contributed by atoms with Gasteiger partial charge in [0.1, 0.15) is 5.75 Å². The molecular formula is C18H29O5P. The minimum absolute atomic E-state index is 0.0145. The molecule has 0 N–H and O–H groups in total. The highest BCUT2D eigenvalue weighted by Gasteiger charge is 2.23. The summed E-state index contributed by atoms with van der Waals surface area (Å²) in [6.45, 7) is 12.0. The number of rotatable bonds is 8. The maximum absolute atomic E-state index is 12.2. The lowest BCUT2D eigenvalue weighted by atomic mass is 9.86. The fourth-order valence-electron chi connectivity index (χ4n) is 2.19. The van der Waals surface area contributed by atoms with Gasteiger partial charge in [0.15, 0.2) is 0 Å². The predicted octanol–water partition coefficient (Wildman–Crippen LogP) is 4.85. The second-order valence-electron chi connectivity index (χ2n) is 6.65. The summed E-state index contributed by atoms with van der Waals surface area (Å²) in [5.74, 6) is 0.154. The Morgan fingerprint density at radius 3 is 2.38 bits per heavy atom. The van der Waals surface area contributed by atoms with Gasteiger partial charge in [-0.25, -0.2) is 0 Å². The summed E-state index contributed by atoms with van der Waals surface area (Å²) in [6.07, 6.45) is 0.302. The van der Waals surface area contributed by atoms with Crippen molar-refractivity contribution in [1.82, 2.24) is 0 Å². The first-order valence-electron chi connectivity index (χ1n) is 8.31. The van der Waals surface area contributed by atoms with E-state index in [0.29, 0.717) is 12.4 Å². The van der Waals surface area contributed by atoms with Crippen LogP contribution in [0.5, 0.6) is 5.75 Å². The number of hydrogen-bond donors (Lipinski definition) is 0. The van der Waals surface area contributed by atoms with Crippen molar-refractivity contribution in [2.75, 3.05) is 19.4 Å². The predicted molar refractivity (Wildman–Crippen MR) is 95.9 cm³/mol. The number of hydrogen-bond acceptors (Lipinski definition) is 5. The summed E-state index contributed by atoms with van der Waals surface area (Å²) in [6, 6.07) is 5.84. The summed E-state index contributed by atoms with van der Waals surface area (Å²) >= 11 is 0. The van der Waals surface area contributed by atoms with Crippen LogP contribution in [0.2, 0.25) is 0 Å². The zero-order valence-electron chi connectivity index (χ0n) is 15.5. The fraction of sp³-hybridized carbons (Fsp3) is 0.611. The Morgan fingerprint density at radius 2 is 1.83 bits per heavy atom. The van der Waals surface area contributed by atoms with Gasteiger partial charge in [-0.05, 0) is 30.9 Å². The third kappa shape index (κ3) is 6.39. The molecule has 0 saturated heterocycles. The molecule has 0 fully saturated rings. The molecule has 0 aliphatic heterocycles. The average Bonchev–Trinajstić information content (AvgIpc) is 2.46. The van der Waals surface area contributed by atoms with E-state index in [0.717, 1.165) is 11.1 Å². The second kappa shape index (κ2) is 8.80. The first-order chi connectivity index (χ1) is 11.1. The van der Waals surface area contributed by atoms with Crippen LogP contribution in [0.15, 0.2) is 18.2 Å². The van der Waals surface area contributed by atoms with Crippen molar-refractivity contribution < 1.29 is 23.1 Å². The summed E-state index contributed by atoms with van der Waals surface area (Å²) in [4.78, 5) is 12.1. The van der Waals surface area contributed by atoms with E-state index < -0.39 is 13.6 Å². The van der Waals surface area contributed by atoms with Crippen LogP contribution in [0.4, 0.5) is 0 Å². The van der Waals surface area contributed by atoms with Crippen LogP contribution in [-0.4, -0.2) is 25.3 Å². The highest BCUT2D eigenvalue weighted by atomic mass is 31.2. The average molecular weight is 356 g/mol. The van der Waals surface area contributed by atoms with Gasteiger partial charge in [-0.15, -0.1) is 0 Å². The molecule has 0 bridgehead atoms. The minimum Gasteiger partial charge on any atom is -0.426 e. The molecule has 0 aliphatic rings. The summed E-state index contributed by atoms with van der Waals surface area (Å²) in [5.41, 5.74) is 1.86. The second-order valence-corrected chi connectivity index (χ2v) is 9.02. The largest absolute Gasteiger partial charge is 0.426 e. The van der Waals surface area contributed by atoms with Crippen LogP contribution in [-0.2, 0) is 23.8 Å². The van der Waals surface area contributed by atoms with Gasteiger partial charge in [0.05, 0.1) is 19.6 Å². The van der Waals surface area contributed by atoms with Gasteiger partial charge >= 0.3 is 13.6 Å². The Labute approximate surface area is 145 Å². The van der Waals surface area contributed by atoms with Crippen molar-refractivity contribution in [1.29, 1.82) is 0 Å². The van der Waals surface area contributed by atoms with E-state index in [1.165, 1.54) is 0 Å². The Hall–Kier alpha value is -1.16. The van der Waals surface area contributed by atoms with Gasteiger partial charge in [-0.3, -0.25) is 9.36 Å². The monoisotopic (exact) mass is 356 g/mol. The Morgan fingerprint density at radius 1 is 1.17 bits per heavy atom. The van der Waals surface area contributed by atoms with Crippen molar-refractivity contribution in [3.8, 4) is 5.75 Å². The van der Waals surface area contributed by atoms with Crippen molar-refractivity contribution in [2.45, 2.75) is 53.4 Å². The van der Waals surface area contributed by atoms with Gasteiger partial charge in [0.2, 0.25) is 0 Å². The van der Waals surface area contributed by atoms with E-state index >= 15 is 0 Å². The van der Waals surface area contributed by atoms with Gasteiger partial charge in [-0.2, -0.15) is 0 Å². The minimum atomic E-state index is -3.09. The zero-order chi connectivity index (χ0) is 18.4. The van der Waals surface area contributed by atoms with Gasteiger partial charge in [0.25, 0.3) is 0 Å². The number of aryl methyl sites for hydroxylation is 1. The third-order valence-electron chi connectivity index (χ3n) is 3.48. The molecule has 0 heterocycles. The van der Waals surface area contributed by atoms with Crippen LogP contribution >= 0.6 is 7.60 Å². The lowest BCUT2D eigenvalue weighted by Gasteiger charge is -2.22. The molecular weight excluding hydrogens is 327 g/mol. The highest BCUT2D eigenvalue weighted by Crippen LogP contribution is 2.47. The van der Waals surface area contributed by atoms with Crippen LogP contribution in [0.3, 0.4) is 0 Å². The molecule has 6 heteroatoms. The standard InChI is InChI=1S/C18H29O5P/c1-7-21-24(20,8-2)22-12-11-17(19)23-16-13-14(3)9-10-15(16)18(4,5)6/h9-10,13H,7-8,11-12H2,1-6H3. The van der Waals surface area contributed by atoms with Crippen LogP contribution in [0.1, 0.15) is 52.2 Å². The van der Waals surface area contributed by atoms with Gasteiger partial charge in [0, 0.05) is 11.7 Å². The topological polar surface area (TPSA) is 61.8 Å². The van der Waals surface area contributed by atoms with E-state index in [-0.39, 0.29) is 24.6 Å². The fourth-order valence-corrected chi connectivity index (χ4v) is 3.39. The van der Waals surface area contributed by atoms with Crippen LogP contribution in [0, 0.1) is 6.92 Å². The molecule has 0 aliphatic carbocycles. The van der Waals surface area contributed by atoms with Crippen molar-refractivity contribution >= 4 is 13.6 Å². The maximum Gasteiger partial charge on any atom is 0.330 e.